The number of benzene rings is 1. The van der Waals surface area contributed by atoms with Gasteiger partial charge in [-0.3, -0.25) is 20.9 Å². The Morgan fingerprint density at radius 2 is 1.65 bits per heavy atom. The first-order chi connectivity index (χ1) is 8.13. The zero-order valence-electron chi connectivity index (χ0n) is 10.8. The van der Waals surface area contributed by atoms with E-state index in [1.165, 1.54) is 0 Å². The fourth-order valence-electron chi connectivity index (χ4n) is 0.809. The maximum Gasteiger partial charge on any atom is 0.288 e. The lowest BCUT2D eigenvalue weighted by atomic mass is 10.2. The van der Waals surface area contributed by atoms with Gasteiger partial charge < -0.3 is 5.32 Å². The number of anilines is 1. The number of hydrazine groups is 1. The second kappa shape index (κ2) is 12.4. The van der Waals surface area contributed by atoms with Crippen LogP contribution in [0.5, 0.6) is 0 Å². The Kier molecular flexibility index (Phi) is 12.8. The Bertz CT molecular complexity index is 310. The first-order valence-electron chi connectivity index (χ1n) is 5.34. The van der Waals surface area contributed by atoms with Crippen LogP contribution in [0.15, 0.2) is 24.3 Å². The van der Waals surface area contributed by atoms with Crippen LogP contribution in [0.3, 0.4) is 0 Å². The number of hydrogen-bond donors (Lipinski definition) is 3. The molecule has 5 nitrogen and oxygen atoms in total. The fraction of sp³-hybridized carbons (Fsp3) is 0.333. The third-order valence-electron chi connectivity index (χ3n) is 1.43. The molecule has 0 heterocycles. The average Bonchev–Trinajstić information content (AvgIpc) is 2.35. The van der Waals surface area contributed by atoms with Crippen molar-refractivity contribution in [2.75, 3.05) is 12.4 Å². The van der Waals surface area contributed by atoms with Crippen LogP contribution >= 0.6 is 0 Å². The van der Waals surface area contributed by atoms with Crippen molar-refractivity contribution in [1.29, 1.82) is 0 Å². The zero-order valence-corrected chi connectivity index (χ0v) is 10.8. The van der Waals surface area contributed by atoms with Crippen molar-refractivity contribution in [3.05, 3.63) is 29.8 Å². The number of nitrogens with one attached hydrogen (secondary N) is 2. The van der Waals surface area contributed by atoms with Crippen molar-refractivity contribution in [1.82, 2.24) is 5.43 Å². The number of nitrogens with two attached hydrogens (primary N) is 1. The molecule has 5 heteroatoms. The van der Waals surface area contributed by atoms with Gasteiger partial charge in [0, 0.05) is 5.69 Å². The lowest BCUT2D eigenvalue weighted by Crippen LogP contribution is -2.13. The predicted octanol–water partition coefficient (Wildman–Crippen LogP) is 1.24. The summed E-state index contributed by atoms with van der Waals surface area (Å²) in [7, 11) is 1.65. The number of carbonyl (C=O) groups excluding carboxylic acids is 2. The molecule has 0 aromatic heterocycles. The minimum Gasteiger partial charge on any atom is -0.320 e. The van der Waals surface area contributed by atoms with Gasteiger partial charge in [0.15, 0.2) is 0 Å². The van der Waals surface area contributed by atoms with E-state index >= 15 is 0 Å². The Hall–Kier alpha value is -1.72. The van der Waals surface area contributed by atoms with E-state index < -0.39 is 5.91 Å². The molecular formula is C12H21N3O2. The molecule has 0 bridgehead atoms. The van der Waals surface area contributed by atoms with Crippen molar-refractivity contribution in [2.45, 2.75) is 20.8 Å². The lowest BCUT2D eigenvalue weighted by molar-refractivity contribution is -0.127. The monoisotopic (exact) mass is 239 g/mol. The summed E-state index contributed by atoms with van der Waals surface area (Å²) in [6.45, 7) is 5.95. The summed E-state index contributed by atoms with van der Waals surface area (Å²) in [5.74, 6) is 3.97. The van der Waals surface area contributed by atoms with Gasteiger partial charge in [0.1, 0.15) is 0 Å². The van der Waals surface area contributed by atoms with Crippen LogP contribution in [0.25, 0.3) is 0 Å². The quantitative estimate of drug-likeness (QED) is 0.314. The molecular weight excluding hydrogens is 218 g/mol. The number of rotatable bonds is 2. The largest absolute Gasteiger partial charge is 0.320 e. The van der Waals surface area contributed by atoms with E-state index in [9.17, 15) is 9.59 Å². The third kappa shape index (κ3) is 10.6. The van der Waals surface area contributed by atoms with Gasteiger partial charge in [0.05, 0.1) is 0 Å². The molecule has 0 spiro atoms. The summed E-state index contributed by atoms with van der Waals surface area (Å²) in [6, 6.07) is 7.22. The second-order valence-electron chi connectivity index (χ2n) is 2.76. The van der Waals surface area contributed by atoms with Gasteiger partial charge in [0.2, 0.25) is 6.29 Å². The topological polar surface area (TPSA) is 84.2 Å². The number of amides is 1. The summed E-state index contributed by atoms with van der Waals surface area (Å²) in [4.78, 5) is 20.6. The van der Waals surface area contributed by atoms with Crippen LogP contribution in [0.4, 0.5) is 5.69 Å². The molecule has 1 rings (SSSR count). The number of aldehydes is 1. The van der Waals surface area contributed by atoms with E-state index in [1.807, 2.05) is 32.9 Å². The Balaban J connectivity index is 0. The molecule has 0 atom stereocenters. The van der Waals surface area contributed by atoms with Crippen molar-refractivity contribution >= 4 is 17.9 Å². The molecule has 0 aliphatic heterocycles. The average molecular weight is 239 g/mol. The van der Waals surface area contributed by atoms with E-state index in [-0.39, 0.29) is 6.29 Å². The molecule has 1 aromatic rings. The van der Waals surface area contributed by atoms with Crippen molar-refractivity contribution in [3.63, 3.8) is 0 Å². The fourth-order valence-corrected chi connectivity index (χ4v) is 0.809. The Labute approximate surface area is 102 Å². The normalized spacial score (nSPS) is 7.82. The van der Waals surface area contributed by atoms with Crippen LogP contribution in [-0.2, 0) is 9.59 Å². The van der Waals surface area contributed by atoms with Crippen LogP contribution in [0.1, 0.15) is 19.4 Å². The molecule has 17 heavy (non-hydrogen) atoms. The number of carbonyl (C=O) groups is 2. The predicted molar refractivity (Wildman–Crippen MR) is 70.5 cm³/mol. The Morgan fingerprint density at radius 1 is 1.24 bits per heavy atom. The molecule has 0 aliphatic rings. The number of aryl methyl sites for hydroxylation is 1. The minimum absolute atomic E-state index is 0.250. The van der Waals surface area contributed by atoms with Crippen molar-refractivity contribution in [3.8, 4) is 0 Å². The molecule has 4 N–H and O–H groups in total. The van der Waals surface area contributed by atoms with Gasteiger partial charge in [-0.05, 0) is 26.1 Å². The molecule has 0 unspecified atom stereocenters. The van der Waals surface area contributed by atoms with Crippen LogP contribution in [-0.4, -0.2) is 19.2 Å². The first kappa shape index (κ1) is 17.7. The molecule has 0 aliphatic carbocycles. The van der Waals surface area contributed by atoms with Gasteiger partial charge in [-0.15, -0.1) is 0 Å². The highest BCUT2D eigenvalue weighted by molar-refractivity contribution is 6.29. The first-order valence-corrected chi connectivity index (χ1v) is 5.34. The van der Waals surface area contributed by atoms with Gasteiger partial charge in [-0.2, -0.15) is 0 Å². The molecule has 0 saturated heterocycles. The third-order valence-corrected chi connectivity index (χ3v) is 1.43. The standard InChI is InChI=1S/C9H9NO2.C2H6.CH6N2/c1-7-2-4-8(5-3-7)10-9(12)6-11;1-2;1-3-2/h2-6H,1H3,(H,10,12);1-2H3;3H,2H2,1H3. The molecule has 0 radical (unpaired) electrons. The second-order valence-corrected chi connectivity index (χ2v) is 2.76. The van der Waals surface area contributed by atoms with Crippen LogP contribution < -0.4 is 16.6 Å². The molecule has 1 aromatic carbocycles. The summed E-state index contributed by atoms with van der Waals surface area (Å²) in [5, 5.41) is 2.41. The van der Waals surface area contributed by atoms with E-state index in [0.29, 0.717) is 5.69 Å². The molecule has 1 amide bonds. The van der Waals surface area contributed by atoms with E-state index in [0.717, 1.165) is 5.56 Å². The Morgan fingerprint density at radius 3 is 2.00 bits per heavy atom. The number of hydrogen-bond acceptors (Lipinski definition) is 4. The zero-order chi connectivity index (χ0) is 13.7. The van der Waals surface area contributed by atoms with Crippen LogP contribution in [0.2, 0.25) is 0 Å². The van der Waals surface area contributed by atoms with E-state index in [2.05, 4.69) is 16.6 Å². The summed E-state index contributed by atoms with van der Waals surface area (Å²) in [6.07, 6.45) is 0.250. The van der Waals surface area contributed by atoms with Gasteiger partial charge in [0.25, 0.3) is 5.91 Å². The minimum atomic E-state index is -0.626. The summed E-state index contributed by atoms with van der Waals surface area (Å²) < 4.78 is 0. The van der Waals surface area contributed by atoms with E-state index in [4.69, 9.17) is 0 Å². The SMILES string of the molecule is CC.CNN.Cc1ccc(NC(=O)C=O)cc1. The highest BCUT2D eigenvalue weighted by atomic mass is 16.2. The maximum atomic E-state index is 10.6. The molecule has 0 fully saturated rings. The summed E-state index contributed by atoms with van der Waals surface area (Å²) >= 11 is 0. The van der Waals surface area contributed by atoms with Gasteiger partial charge >= 0.3 is 0 Å². The van der Waals surface area contributed by atoms with Crippen molar-refractivity contribution in [2.24, 2.45) is 5.84 Å². The molecule has 0 saturated carbocycles. The summed E-state index contributed by atoms with van der Waals surface area (Å²) in [5.41, 5.74) is 4.00. The molecule has 96 valence electrons. The van der Waals surface area contributed by atoms with Crippen molar-refractivity contribution < 1.29 is 9.59 Å². The highest BCUT2D eigenvalue weighted by Crippen LogP contribution is 2.07. The van der Waals surface area contributed by atoms with Gasteiger partial charge in [-0.1, -0.05) is 31.5 Å². The highest BCUT2D eigenvalue weighted by Gasteiger charge is 1.97. The van der Waals surface area contributed by atoms with Crippen LogP contribution in [0, 0.1) is 6.92 Å². The smallest absolute Gasteiger partial charge is 0.288 e. The van der Waals surface area contributed by atoms with Gasteiger partial charge in [-0.25, -0.2) is 0 Å². The van der Waals surface area contributed by atoms with E-state index in [1.54, 1.807) is 19.2 Å². The maximum absolute atomic E-state index is 10.6. The lowest BCUT2D eigenvalue weighted by Gasteiger charge is -1.99.